The van der Waals surface area contributed by atoms with Gasteiger partial charge in [0.25, 0.3) is 0 Å². The maximum absolute atomic E-state index is 12.0. The van der Waals surface area contributed by atoms with Crippen LogP contribution in [0.2, 0.25) is 0 Å². The predicted molar refractivity (Wildman–Crippen MR) is 79.2 cm³/mol. The van der Waals surface area contributed by atoms with E-state index in [1.54, 1.807) is 0 Å². The second kappa shape index (κ2) is 7.09. The van der Waals surface area contributed by atoms with Gasteiger partial charge in [0.2, 0.25) is 0 Å². The zero-order chi connectivity index (χ0) is 15.4. The van der Waals surface area contributed by atoms with Crippen LogP contribution in [0.15, 0.2) is 0 Å². The summed E-state index contributed by atoms with van der Waals surface area (Å²) in [5.41, 5.74) is 0. The number of nitrogens with one attached hydrogen (secondary N) is 2. The molecule has 0 aromatic heterocycles. The van der Waals surface area contributed by atoms with Gasteiger partial charge in [-0.05, 0) is 26.9 Å². The third-order valence-electron chi connectivity index (χ3n) is 4.63. The number of likely N-dealkylation sites (N-methyl/N-ethyl adjacent to an activating group) is 2. The number of piperazine rings is 1. The van der Waals surface area contributed by atoms with Crippen LogP contribution in [0.1, 0.15) is 19.3 Å². The number of carboxylic acids is 1. The van der Waals surface area contributed by atoms with Crippen molar-refractivity contribution in [3.05, 3.63) is 0 Å². The van der Waals surface area contributed by atoms with Crippen molar-refractivity contribution < 1.29 is 14.7 Å². The van der Waals surface area contributed by atoms with E-state index in [-0.39, 0.29) is 12.1 Å². The van der Waals surface area contributed by atoms with Crippen molar-refractivity contribution in [2.75, 3.05) is 40.3 Å². The Labute approximate surface area is 125 Å². The van der Waals surface area contributed by atoms with Crippen LogP contribution in [0, 0.1) is 5.92 Å². The van der Waals surface area contributed by atoms with E-state index >= 15 is 0 Å². The van der Waals surface area contributed by atoms with Crippen LogP contribution < -0.4 is 10.6 Å². The maximum atomic E-state index is 12.0. The lowest BCUT2D eigenvalue weighted by Crippen LogP contribution is -2.56. The number of carbonyl (C=O) groups excluding carboxylic acids is 1. The molecule has 2 aliphatic rings. The molecule has 1 heterocycles. The first-order valence-electron chi connectivity index (χ1n) is 7.63. The van der Waals surface area contributed by atoms with Crippen molar-refractivity contribution in [2.45, 2.75) is 31.3 Å². The molecule has 3 unspecified atom stereocenters. The van der Waals surface area contributed by atoms with E-state index in [0.29, 0.717) is 19.0 Å². The second-order valence-corrected chi connectivity index (χ2v) is 6.23. The molecule has 2 amide bonds. The highest BCUT2D eigenvalue weighted by Gasteiger charge is 2.34. The van der Waals surface area contributed by atoms with Crippen molar-refractivity contribution in [3.63, 3.8) is 0 Å². The number of rotatable bonds is 4. The van der Waals surface area contributed by atoms with Crippen LogP contribution in [0.3, 0.4) is 0 Å². The van der Waals surface area contributed by atoms with Gasteiger partial charge in [0.1, 0.15) is 0 Å². The zero-order valence-electron chi connectivity index (χ0n) is 12.8. The molecule has 2 fully saturated rings. The lowest BCUT2D eigenvalue weighted by molar-refractivity contribution is -0.142. The molecule has 3 N–H and O–H groups in total. The number of hydrogen-bond acceptors (Lipinski definition) is 4. The van der Waals surface area contributed by atoms with Crippen molar-refractivity contribution in [2.24, 2.45) is 5.92 Å². The molecule has 0 radical (unpaired) electrons. The molecule has 1 saturated heterocycles. The van der Waals surface area contributed by atoms with Gasteiger partial charge in [-0.3, -0.25) is 9.69 Å². The summed E-state index contributed by atoms with van der Waals surface area (Å²) in [7, 11) is 4.14. The predicted octanol–water partition coefficient (Wildman–Crippen LogP) is -0.215. The Kier molecular flexibility index (Phi) is 5.41. The molecular weight excluding hydrogens is 272 g/mol. The summed E-state index contributed by atoms with van der Waals surface area (Å²) >= 11 is 0. The number of amides is 2. The van der Waals surface area contributed by atoms with E-state index in [4.69, 9.17) is 5.11 Å². The van der Waals surface area contributed by atoms with E-state index in [9.17, 15) is 9.59 Å². The van der Waals surface area contributed by atoms with Crippen LogP contribution in [0.4, 0.5) is 4.79 Å². The molecule has 0 spiro atoms. The fraction of sp³-hybridized carbons (Fsp3) is 0.857. The van der Waals surface area contributed by atoms with E-state index in [2.05, 4.69) is 34.5 Å². The molecule has 3 atom stereocenters. The van der Waals surface area contributed by atoms with Crippen LogP contribution in [0.5, 0.6) is 0 Å². The standard InChI is InChI=1S/C14H26N4O3/c1-17-6-7-18(2)10(9-17)8-15-14(21)16-12-5-3-4-11(12)13(19)20/h10-12H,3-9H2,1-2H3,(H,19,20)(H2,15,16,21). The number of hydrogen-bond donors (Lipinski definition) is 3. The molecule has 1 aliphatic heterocycles. The molecule has 21 heavy (non-hydrogen) atoms. The van der Waals surface area contributed by atoms with Crippen LogP contribution in [-0.4, -0.2) is 79.3 Å². The Morgan fingerprint density at radius 3 is 2.71 bits per heavy atom. The minimum absolute atomic E-state index is 0.241. The van der Waals surface area contributed by atoms with Crippen LogP contribution >= 0.6 is 0 Å². The van der Waals surface area contributed by atoms with Gasteiger partial charge in [-0.1, -0.05) is 6.42 Å². The Balaban J connectivity index is 1.75. The van der Waals surface area contributed by atoms with E-state index in [1.807, 2.05) is 0 Å². The molecule has 0 aromatic rings. The van der Waals surface area contributed by atoms with Gasteiger partial charge in [0.05, 0.1) is 5.92 Å². The normalized spacial score (nSPS) is 31.0. The fourth-order valence-corrected chi connectivity index (χ4v) is 3.18. The molecule has 1 aliphatic carbocycles. The number of carboxylic acid groups (broad SMARTS) is 1. The quantitative estimate of drug-likeness (QED) is 0.668. The zero-order valence-corrected chi connectivity index (χ0v) is 12.8. The maximum Gasteiger partial charge on any atom is 0.315 e. The lowest BCUT2D eigenvalue weighted by atomic mass is 10.0. The third kappa shape index (κ3) is 4.31. The van der Waals surface area contributed by atoms with Gasteiger partial charge in [-0.25, -0.2) is 4.79 Å². The van der Waals surface area contributed by atoms with Gasteiger partial charge in [0.15, 0.2) is 0 Å². The second-order valence-electron chi connectivity index (χ2n) is 6.23. The summed E-state index contributed by atoms with van der Waals surface area (Å²) in [6, 6.07) is -0.197. The van der Waals surface area contributed by atoms with Gasteiger partial charge < -0.3 is 20.6 Å². The molecule has 7 nitrogen and oxygen atoms in total. The van der Waals surface area contributed by atoms with Gasteiger partial charge in [-0.2, -0.15) is 0 Å². The molecule has 7 heteroatoms. The largest absolute Gasteiger partial charge is 0.481 e. The summed E-state index contributed by atoms with van der Waals surface area (Å²) < 4.78 is 0. The summed E-state index contributed by atoms with van der Waals surface area (Å²) in [4.78, 5) is 27.5. The third-order valence-corrected chi connectivity index (χ3v) is 4.63. The van der Waals surface area contributed by atoms with Crippen molar-refractivity contribution in [1.82, 2.24) is 20.4 Å². The van der Waals surface area contributed by atoms with Gasteiger partial charge in [-0.15, -0.1) is 0 Å². The smallest absolute Gasteiger partial charge is 0.315 e. The number of carbonyl (C=O) groups is 2. The molecule has 0 aromatic carbocycles. The minimum atomic E-state index is -0.813. The minimum Gasteiger partial charge on any atom is -0.481 e. The van der Waals surface area contributed by atoms with Crippen LogP contribution in [0.25, 0.3) is 0 Å². The van der Waals surface area contributed by atoms with Crippen molar-refractivity contribution in [3.8, 4) is 0 Å². The monoisotopic (exact) mass is 298 g/mol. The first-order valence-corrected chi connectivity index (χ1v) is 7.63. The average Bonchev–Trinajstić information content (AvgIpc) is 2.88. The summed E-state index contributed by atoms with van der Waals surface area (Å²) in [5, 5.41) is 14.8. The summed E-state index contributed by atoms with van der Waals surface area (Å²) in [6.07, 6.45) is 2.25. The summed E-state index contributed by atoms with van der Waals surface area (Å²) in [5.74, 6) is -1.26. The number of nitrogens with zero attached hydrogens (tertiary/aromatic N) is 2. The molecule has 2 rings (SSSR count). The Hall–Kier alpha value is -1.34. The number of aliphatic carboxylic acids is 1. The first kappa shape index (κ1) is 16.0. The SMILES string of the molecule is CN1CCN(C)C(CNC(=O)NC2CCCC2C(=O)O)C1. The number of urea groups is 1. The Morgan fingerprint density at radius 2 is 2.00 bits per heavy atom. The molecule has 0 bridgehead atoms. The highest BCUT2D eigenvalue weighted by molar-refractivity contribution is 5.77. The van der Waals surface area contributed by atoms with Crippen LogP contribution in [-0.2, 0) is 4.79 Å². The summed E-state index contributed by atoms with van der Waals surface area (Å²) in [6.45, 7) is 3.55. The van der Waals surface area contributed by atoms with E-state index in [0.717, 1.165) is 32.5 Å². The highest BCUT2D eigenvalue weighted by Crippen LogP contribution is 2.25. The van der Waals surface area contributed by atoms with E-state index in [1.165, 1.54) is 0 Å². The average molecular weight is 298 g/mol. The molecule has 120 valence electrons. The van der Waals surface area contributed by atoms with Crippen molar-refractivity contribution >= 4 is 12.0 Å². The fourth-order valence-electron chi connectivity index (χ4n) is 3.18. The van der Waals surface area contributed by atoms with Crippen molar-refractivity contribution in [1.29, 1.82) is 0 Å². The van der Waals surface area contributed by atoms with Gasteiger partial charge in [0, 0.05) is 38.3 Å². The topological polar surface area (TPSA) is 84.9 Å². The Morgan fingerprint density at radius 1 is 1.24 bits per heavy atom. The molecule has 1 saturated carbocycles. The van der Waals surface area contributed by atoms with E-state index < -0.39 is 11.9 Å². The van der Waals surface area contributed by atoms with Gasteiger partial charge >= 0.3 is 12.0 Å². The first-order chi connectivity index (χ1) is 9.97. The molecular formula is C14H26N4O3. The lowest BCUT2D eigenvalue weighted by Gasteiger charge is -2.37. The highest BCUT2D eigenvalue weighted by atomic mass is 16.4. The Bertz CT molecular complexity index is 390.